The molecule has 1 N–H and O–H groups in total. The fourth-order valence-corrected chi connectivity index (χ4v) is 2.13. The number of hydrogen-bond acceptors (Lipinski definition) is 5. The number of nitrogens with zero attached hydrogens (tertiary/aromatic N) is 3. The zero-order chi connectivity index (χ0) is 15.6. The highest BCUT2D eigenvalue weighted by molar-refractivity contribution is 9.10. The summed E-state index contributed by atoms with van der Waals surface area (Å²) in [7, 11) is 0. The minimum Gasteiger partial charge on any atom is -0.354 e. The first kappa shape index (κ1) is 15.6. The molecule has 0 saturated carbocycles. The Morgan fingerprint density at radius 1 is 1.52 bits per heavy atom. The summed E-state index contributed by atoms with van der Waals surface area (Å²) in [5.41, 5.74) is -0.580. The van der Waals surface area contributed by atoms with Crippen LogP contribution >= 0.6 is 27.5 Å². The summed E-state index contributed by atoms with van der Waals surface area (Å²) in [6, 6.07) is 2.87. The van der Waals surface area contributed by atoms with Gasteiger partial charge < -0.3 is 5.32 Å². The number of anilines is 1. The molecule has 0 aliphatic heterocycles. The molecule has 0 saturated heterocycles. The van der Waals surface area contributed by atoms with Gasteiger partial charge in [0.1, 0.15) is 6.20 Å². The molecule has 2 rings (SSSR count). The molecule has 0 atom stereocenters. The van der Waals surface area contributed by atoms with E-state index in [-0.39, 0.29) is 22.2 Å². The molecule has 110 valence electrons. The molecule has 0 aliphatic carbocycles. The summed E-state index contributed by atoms with van der Waals surface area (Å²) in [4.78, 5) is 18.2. The van der Waals surface area contributed by atoms with Gasteiger partial charge in [-0.25, -0.2) is 14.4 Å². The number of aromatic nitrogens is 2. The topological polar surface area (TPSA) is 81.0 Å². The molecular weight excluding hydrogens is 367 g/mol. The first-order valence-electron chi connectivity index (χ1n) is 5.84. The lowest BCUT2D eigenvalue weighted by Gasteiger charge is -2.08. The fraction of sp³-hybridized carbons (Fsp3) is 0.167. The lowest BCUT2D eigenvalue weighted by atomic mass is 10.1. The summed E-state index contributed by atoms with van der Waals surface area (Å²) < 4.78 is 14.6. The highest BCUT2D eigenvalue weighted by Gasteiger charge is 2.23. The van der Waals surface area contributed by atoms with E-state index in [2.05, 4.69) is 31.2 Å². The van der Waals surface area contributed by atoms with Gasteiger partial charge in [-0.05, 0) is 35.0 Å². The van der Waals surface area contributed by atoms with Crippen LogP contribution in [0.3, 0.4) is 0 Å². The molecule has 1 aromatic heterocycles. The smallest absolute Gasteiger partial charge is 0.313 e. The lowest BCUT2D eigenvalue weighted by molar-refractivity contribution is -0.384. The predicted molar refractivity (Wildman–Crippen MR) is 81.0 cm³/mol. The van der Waals surface area contributed by atoms with Gasteiger partial charge in [-0.1, -0.05) is 11.6 Å². The Balaban J connectivity index is 2.68. The van der Waals surface area contributed by atoms with Gasteiger partial charge in [-0.2, -0.15) is 0 Å². The molecular formula is C12H9BrClFN4O2. The maximum Gasteiger partial charge on any atom is 0.313 e. The molecule has 0 radical (unpaired) electrons. The molecule has 0 unspecified atom stereocenters. The molecule has 2 aromatic rings. The van der Waals surface area contributed by atoms with Crippen LogP contribution in [0.15, 0.2) is 22.8 Å². The van der Waals surface area contributed by atoms with Crippen molar-refractivity contribution >= 4 is 39.2 Å². The van der Waals surface area contributed by atoms with E-state index < -0.39 is 16.4 Å². The van der Waals surface area contributed by atoms with E-state index in [1.54, 1.807) is 0 Å². The van der Waals surface area contributed by atoms with Crippen LogP contribution in [0.4, 0.5) is 16.0 Å². The second-order valence-corrected chi connectivity index (χ2v) is 5.17. The summed E-state index contributed by atoms with van der Waals surface area (Å²) in [6.07, 6.45) is 1.04. The number of benzene rings is 1. The molecule has 9 heteroatoms. The Bertz CT molecular complexity index is 714. The maximum absolute atomic E-state index is 14.2. The first-order chi connectivity index (χ1) is 9.95. The molecule has 1 heterocycles. The van der Waals surface area contributed by atoms with Crippen LogP contribution in [0.2, 0.25) is 5.02 Å². The number of nitrogens with one attached hydrogen (secondary N) is 1. The first-order valence-corrected chi connectivity index (χ1v) is 7.02. The molecule has 0 spiro atoms. The van der Waals surface area contributed by atoms with Crippen LogP contribution in [0.25, 0.3) is 11.3 Å². The molecule has 1 aromatic carbocycles. The van der Waals surface area contributed by atoms with Crippen molar-refractivity contribution in [2.24, 2.45) is 0 Å². The van der Waals surface area contributed by atoms with Gasteiger partial charge in [0.2, 0.25) is 5.95 Å². The van der Waals surface area contributed by atoms with Crippen molar-refractivity contribution in [3.63, 3.8) is 0 Å². The summed E-state index contributed by atoms with van der Waals surface area (Å²) in [6.45, 7) is 2.35. The van der Waals surface area contributed by atoms with Crippen LogP contribution in [-0.4, -0.2) is 21.4 Å². The summed E-state index contributed by atoms with van der Waals surface area (Å²) in [5.74, 6) is -0.605. The minimum atomic E-state index is -0.782. The zero-order valence-electron chi connectivity index (χ0n) is 10.7. The van der Waals surface area contributed by atoms with E-state index >= 15 is 0 Å². The van der Waals surface area contributed by atoms with Crippen molar-refractivity contribution < 1.29 is 9.31 Å². The quantitative estimate of drug-likeness (QED) is 0.495. The Hall–Kier alpha value is -1.80. The molecule has 0 bridgehead atoms. The van der Waals surface area contributed by atoms with Gasteiger partial charge in [0.15, 0.2) is 11.5 Å². The molecule has 6 nitrogen and oxygen atoms in total. The second-order valence-electron chi connectivity index (χ2n) is 3.94. The number of nitro groups is 1. The summed E-state index contributed by atoms with van der Waals surface area (Å²) in [5, 5.41) is 13.7. The Morgan fingerprint density at radius 3 is 2.86 bits per heavy atom. The SMILES string of the molecule is CCNc1ncc([N+](=O)[O-])c(-c2ccc(Br)c(Cl)c2F)n1. The van der Waals surface area contributed by atoms with E-state index in [1.165, 1.54) is 12.1 Å². The fourth-order valence-electron chi connectivity index (χ4n) is 1.66. The predicted octanol–water partition coefficient (Wildman–Crippen LogP) is 4.04. The highest BCUT2D eigenvalue weighted by Crippen LogP contribution is 2.36. The number of rotatable bonds is 4. The van der Waals surface area contributed by atoms with E-state index in [4.69, 9.17) is 11.6 Å². The van der Waals surface area contributed by atoms with Gasteiger partial charge in [-0.3, -0.25) is 10.1 Å². The monoisotopic (exact) mass is 374 g/mol. The zero-order valence-corrected chi connectivity index (χ0v) is 13.1. The van der Waals surface area contributed by atoms with Gasteiger partial charge in [0, 0.05) is 16.6 Å². The second kappa shape index (κ2) is 6.31. The van der Waals surface area contributed by atoms with Gasteiger partial charge in [0.05, 0.1) is 9.95 Å². The van der Waals surface area contributed by atoms with Gasteiger partial charge in [-0.15, -0.1) is 0 Å². The third-order valence-corrected chi connectivity index (χ3v) is 3.85. The Labute approximate surface area is 132 Å². The maximum atomic E-state index is 14.2. The van der Waals surface area contributed by atoms with Crippen LogP contribution in [0.1, 0.15) is 6.92 Å². The van der Waals surface area contributed by atoms with Gasteiger partial charge >= 0.3 is 5.69 Å². The molecule has 0 aliphatic rings. The Morgan fingerprint density at radius 2 is 2.24 bits per heavy atom. The standard InChI is InChI=1S/C12H9BrClFN4O2/c1-2-16-12-17-5-8(19(20)21)11(18-12)6-3-4-7(13)9(14)10(6)15/h3-5H,2H2,1H3,(H,16,17,18). The van der Waals surface area contributed by atoms with Crippen molar-refractivity contribution in [2.75, 3.05) is 11.9 Å². The molecule has 21 heavy (non-hydrogen) atoms. The number of halogens is 3. The highest BCUT2D eigenvalue weighted by atomic mass is 79.9. The van der Waals surface area contributed by atoms with Crippen LogP contribution < -0.4 is 5.32 Å². The summed E-state index contributed by atoms with van der Waals surface area (Å²) >= 11 is 8.90. The molecule has 0 fully saturated rings. The molecule has 0 amide bonds. The van der Waals surface area contributed by atoms with E-state index in [1.807, 2.05) is 6.92 Å². The van der Waals surface area contributed by atoms with Crippen LogP contribution in [0.5, 0.6) is 0 Å². The third kappa shape index (κ3) is 3.11. The lowest BCUT2D eigenvalue weighted by Crippen LogP contribution is -2.05. The van der Waals surface area contributed by atoms with E-state index in [0.717, 1.165) is 6.20 Å². The Kier molecular flexibility index (Phi) is 4.69. The largest absolute Gasteiger partial charge is 0.354 e. The van der Waals surface area contributed by atoms with Crippen LogP contribution in [0, 0.1) is 15.9 Å². The van der Waals surface area contributed by atoms with E-state index in [9.17, 15) is 14.5 Å². The average Bonchev–Trinajstić information content (AvgIpc) is 2.45. The average molecular weight is 376 g/mol. The number of hydrogen-bond donors (Lipinski definition) is 1. The van der Waals surface area contributed by atoms with Crippen molar-refractivity contribution in [1.29, 1.82) is 0 Å². The van der Waals surface area contributed by atoms with Crippen molar-refractivity contribution in [2.45, 2.75) is 6.92 Å². The van der Waals surface area contributed by atoms with Crippen molar-refractivity contribution in [1.82, 2.24) is 9.97 Å². The van der Waals surface area contributed by atoms with Gasteiger partial charge in [0.25, 0.3) is 0 Å². The van der Waals surface area contributed by atoms with E-state index in [0.29, 0.717) is 11.0 Å². The normalized spacial score (nSPS) is 10.5. The van der Waals surface area contributed by atoms with Crippen molar-refractivity contribution in [3.8, 4) is 11.3 Å². The van der Waals surface area contributed by atoms with Crippen LogP contribution in [-0.2, 0) is 0 Å². The third-order valence-electron chi connectivity index (χ3n) is 2.59. The minimum absolute atomic E-state index is 0.0588. The van der Waals surface area contributed by atoms with Crippen molar-refractivity contribution in [3.05, 3.63) is 43.8 Å².